The zero-order valence-corrected chi connectivity index (χ0v) is 25.1. The summed E-state index contributed by atoms with van der Waals surface area (Å²) in [6.07, 6.45) is -16.4. The lowest BCUT2D eigenvalue weighted by Crippen LogP contribution is -2.53. The molecule has 0 heterocycles. The predicted octanol–water partition coefficient (Wildman–Crippen LogP) is 9.43. The van der Waals surface area contributed by atoms with E-state index in [1.54, 1.807) is 6.07 Å². The van der Waals surface area contributed by atoms with E-state index in [0.29, 0.717) is 24.2 Å². The molecule has 12 heteroatoms. The molecule has 0 unspecified atom stereocenters. The van der Waals surface area contributed by atoms with Crippen molar-refractivity contribution in [3.05, 3.63) is 137 Å². The van der Waals surface area contributed by atoms with Gasteiger partial charge in [-0.05, 0) is 53.8 Å². The molecule has 1 N–H and O–H groups in total. The molecule has 0 spiro atoms. The molecular formula is C35H32F9NO2. The van der Waals surface area contributed by atoms with Gasteiger partial charge in [-0.2, -0.15) is 39.5 Å². The maximum atomic E-state index is 13.7. The molecule has 4 aromatic rings. The average Bonchev–Trinajstić information content (AvgIpc) is 3.01. The molecule has 0 aliphatic heterocycles. The van der Waals surface area contributed by atoms with Crippen molar-refractivity contribution in [1.29, 1.82) is 0 Å². The third-order valence-corrected chi connectivity index (χ3v) is 7.95. The van der Waals surface area contributed by atoms with E-state index in [1.165, 1.54) is 19.1 Å². The second kappa shape index (κ2) is 14.4. The van der Waals surface area contributed by atoms with Crippen LogP contribution in [0, 0.1) is 6.92 Å². The monoisotopic (exact) mass is 669 g/mol. The van der Waals surface area contributed by atoms with Crippen molar-refractivity contribution >= 4 is 0 Å². The first-order valence-electron chi connectivity index (χ1n) is 14.6. The molecule has 0 aliphatic carbocycles. The molecule has 4 aromatic carbocycles. The van der Waals surface area contributed by atoms with Crippen LogP contribution >= 0.6 is 0 Å². The van der Waals surface area contributed by atoms with Crippen molar-refractivity contribution in [2.24, 2.45) is 0 Å². The molecular weight excluding hydrogens is 637 g/mol. The summed E-state index contributed by atoms with van der Waals surface area (Å²) in [5.41, 5.74) is -4.81. The standard InChI is InChI=1S/C35H32F9NO2/c1-24-27(15-8-18-31(24)33(36,37)38)22-45(23-30(25-11-4-2-5-12-25)26-13-6-3-7-14-26)19-10-20-47-29-17-9-16-28(21-29)32(46,34(39,40)41)35(42,43)44/h2-9,11-18,21,30,46H,10,19-20,22-23H2,1H3. The minimum Gasteiger partial charge on any atom is -0.494 e. The maximum absolute atomic E-state index is 13.7. The summed E-state index contributed by atoms with van der Waals surface area (Å²) < 4.78 is 127. The number of hydrogen-bond acceptors (Lipinski definition) is 3. The van der Waals surface area contributed by atoms with Gasteiger partial charge in [0, 0.05) is 31.1 Å². The highest BCUT2D eigenvalue weighted by atomic mass is 19.4. The van der Waals surface area contributed by atoms with Crippen LogP contribution in [0.25, 0.3) is 0 Å². The smallest absolute Gasteiger partial charge is 0.430 e. The largest absolute Gasteiger partial charge is 0.494 e. The van der Waals surface area contributed by atoms with E-state index in [4.69, 9.17) is 4.74 Å². The van der Waals surface area contributed by atoms with Gasteiger partial charge in [0.05, 0.1) is 12.2 Å². The van der Waals surface area contributed by atoms with Gasteiger partial charge in [-0.3, -0.25) is 4.90 Å². The number of alkyl halides is 9. The van der Waals surface area contributed by atoms with Gasteiger partial charge in [-0.25, -0.2) is 0 Å². The molecule has 4 rings (SSSR count). The first-order chi connectivity index (χ1) is 22.0. The second-order valence-corrected chi connectivity index (χ2v) is 11.1. The predicted molar refractivity (Wildman–Crippen MR) is 159 cm³/mol. The molecule has 0 fully saturated rings. The minimum atomic E-state index is -6.04. The summed E-state index contributed by atoms with van der Waals surface area (Å²) in [6, 6.07) is 26.1. The van der Waals surface area contributed by atoms with E-state index in [-0.39, 0.29) is 43.3 Å². The highest BCUT2D eigenvalue weighted by Crippen LogP contribution is 2.50. The van der Waals surface area contributed by atoms with Crippen molar-refractivity contribution in [3.8, 4) is 5.75 Å². The zero-order chi connectivity index (χ0) is 34.5. The molecule has 0 amide bonds. The van der Waals surface area contributed by atoms with Crippen LogP contribution < -0.4 is 4.74 Å². The molecule has 0 saturated heterocycles. The molecule has 3 nitrogen and oxygen atoms in total. The Morgan fingerprint density at radius 1 is 0.702 bits per heavy atom. The summed E-state index contributed by atoms with van der Waals surface area (Å²) in [5, 5.41) is 9.75. The number of nitrogens with zero attached hydrogens (tertiary/aromatic N) is 1. The summed E-state index contributed by atoms with van der Waals surface area (Å²) in [6.45, 7) is 2.04. The Balaban J connectivity index is 1.57. The van der Waals surface area contributed by atoms with Gasteiger partial charge in [-0.1, -0.05) is 84.9 Å². The van der Waals surface area contributed by atoms with Gasteiger partial charge in [0.1, 0.15) is 5.75 Å². The lowest BCUT2D eigenvalue weighted by Gasteiger charge is -2.32. The zero-order valence-electron chi connectivity index (χ0n) is 25.1. The Labute approximate surface area is 266 Å². The van der Waals surface area contributed by atoms with Crippen LogP contribution in [0.5, 0.6) is 5.75 Å². The third kappa shape index (κ3) is 8.47. The Hall–Kier alpha value is -4.03. The van der Waals surface area contributed by atoms with E-state index in [9.17, 15) is 44.6 Å². The van der Waals surface area contributed by atoms with Crippen molar-refractivity contribution in [3.63, 3.8) is 0 Å². The number of hydrogen-bond donors (Lipinski definition) is 1. The fourth-order valence-electron chi connectivity index (χ4n) is 5.45. The van der Waals surface area contributed by atoms with E-state index in [2.05, 4.69) is 0 Å². The van der Waals surface area contributed by atoms with Crippen LogP contribution in [0.1, 0.15) is 45.7 Å². The van der Waals surface area contributed by atoms with Crippen molar-refractivity contribution in [2.45, 2.75) is 49.9 Å². The number of benzene rings is 4. The molecule has 0 saturated carbocycles. The first-order valence-corrected chi connectivity index (χ1v) is 14.6. The van der Waals surface area contributed by atoms with Crippen LogP contribution in [0.3, 0.4) is 0 Å². The van der Waals surface area contributed by atoms with E-state index >= 15 is 0 Å². The van der Waals surface area contributed by atoms with Gasteiger partial charge in [-0.15, -0.1) is 0 Å². The van der Waals surface area contributed by atoms with Crippen molar-refractivity contribution in [2.75, 3.05) is 19.7 Å². The topological polar surface area (TPSA) is 32.7 Å². The normalized spacial score (nSPS) is 13.0. The van der Waals surface area contributed by atoms with E-state index in [1.807, 2.05) is 65.6 Å². The SMILES string of the molecule is Cc1c(CN(CCCOc2cccc(C(O)(C(F)(F)F)C(F)(F)F)c2)CC(c2ccccc2)c2ccccc2)cccc1C(F)(F)F. The average molecular weight is 670 g/mol. The maximum Gasteiger partial charge on any atom is 0.430 e. The van der Waals surface area contributed by atoms with Crippen LogP contribution in [0.15, 0.2) is 103 Å². The number of ether oxygens (including phenoxy) is 1. The van der Waals surface area contributed by atoms with Crippen LogP contribution in [0.2, 0.25) is 0 Å². The quantitative estimate of drug-likeness (QED) is 0.121. The van der Waals surface area contributed by atoms with Crippen LogP contribution in [-0.2, 0) is 18.3 Å². The number of halogens is 9. The molecule has 0 radical (unpaired) electrons. The van der Waals surface area contributed by atoms with Crippen LogP contribution in [0.4, 0.5) is 39.5 Å². The molecule has 0 aliphatic rings. The minimum absolute atomic E-state index is 0.0795. The second-order valence-electron chi connectivity index (χ2n) is 11.1. The van der Waals surface area contributed by atoms with Crippen LogP contribution in [-0.4, -0.2) is 42.1 Å². The van der Waals surface area contributed by atoms with E-state index < -0.39 is 35.3 Å². The number of rotatable bonds is 12. The summed E-state index contributed by atoms with van der Waals surface area (Å²) in [4.78, 5) is 1.94. The highest BCUT2D eigenvalue weighted by Gasteiger charge is 2.71. The van der Waals surface area contributed by atoms with Gasteiger partial charge >= 0.3 is 18.5 Å². The molecule has 47 heavy (non-hydrogen) atoms. The molecule has 0 atom stereocenters. The Bertz CT molecular complexity index is 1530. The van der Waals surface area contributed by atoms with Gasteiger partial charge in [0.25, 0.3) is 5.60 Å². The lowest BCUT2D eigenvalue weighted by atomic mass is 9.90. The third-order valence-electron chi connectivity index (χ3n) is 7.95. The fourth-order valence-corrected chi connectivity index (χ4v) is 5.45. The van der Waals surface area contributed by atoms with Crippen molar-refractivity contribution < 1.29 is 49.4 Å². The summed E-state index contributed by atoms with van der Waals surface area (Å²) in [7, 11) is 0. The Kier molecular flexibility index (Phi) is 11.0. The fraction of sp³-hybridized carbons (Fsp3) is 0.314. The first kappa shape index (κ1) is 35.8. The van der Waals surface area contributed by atoms with E-state index in [0.717, 1.165) is 23.3 Å². The summed E-state index contributed by atoms with van der Waals surface area (Å²) >= 11 is 0. The lowest BCUT2D eigenvalue weighted by molar-refractivity contribution is -0.376. The highest BCUT2D eigenvalue weighted by molar-refractivity contribution is 5.37. The molecule has 252 valence electrons. The Morgan fingerprint density at radius 2 is 1.26 bits per heavy atom. The van der Waals surface area contributed by atoms with Gasteiger partial charge in [0.15, 0.2) is 0 Å². The summed E-state index contributed by atoms with van der Waals surface area (Å²) in [5.74, 6) is -0.496. The molecule has 0 bridgehead atoms. The number of aliphatic hydroxyl groups is 1. The van der Waals surface area contributed by atoms with Gasteiger partial charge in [0.2, 0.25) is 0 Å². The van der Waals surface area contributed by atoms with Crippen molar-refractivity contribution in [1.82, 2.24) is 4.90 Å². The Morgan fingerprint density at radius 3 is 1.79 bits per heavy atom. The van der Waals surface area contributed by atoms with Gasteiger partial charge < -0.3 is 9.84 Å². The molecule has 0 aromatic heterocycles.